The van der Waals surface area contributed by atoms with E-state index < -0.39 is 0 Å². The Morgan fingerprint density at radius 2 is 2.28 bits per heavy atom. The Bertz CT molecular complexity index is 470. The second-order valence-corrected chi connectivity index (χ2v) is 4.53. The van der Waals surface area contributed by atoms with Crippen LogP contribution in [-0.4, -0.2) is 19.7 Å². The second kappa shape index (κ2) is 6.47. The van der Waals surface area contributed by atoms with E-state index in [9.17, 15) is 0 Å². The van der Waals surface area contributed by atoms with Gasteiger partial charge in [0.25, 0.3) is 0 Å². The fourth-order valence-electron chi connectivity index (χ4n) is 1.69. The van der Waals surface area contributed by atoms with E-state index in [2.05, 4.69) is 5.32 Å². The second-order valence-electron chi connectivity index (χ2n) is 4.09. The smallest absolute Gasteiger partial charge is 0.120 e. The van der Waals surface area contributed by atoms with Gasteiger partial charge in [-0.3, -0.25) is 0 Å². The van der Waals surface area contributed by atoms with Crippen LogP contribution in [0.4, 0.5) is 0 Å². The number of benzene rings is 1. The molecule has 3 nitrogen and oxygen atoms in total. The van der Waals surface area contributed by atoms with Gasteiger partial charge in [0.05, 0.1) is 12.5 Å². The fraction of sp³-hybridized carbons (Fsp3) is 0.286. The average Bonchev–Trinajstić information content (AvgIpc) is 2.87. The standard InChI is InChI=1S/C14H16ClNO2/c1-16-13(7-11-5-6-17-9-11)10-18-14-4-2-3-12(15)8-14/h2-6,8-9,13,16H,7,10H2,1H3. The van der Waals surface area contributed by atoms with Crippen molar-refractivity contribution in [3.05, 3.63) is 53.4 Å². The summed E-state index contributed by atoms with van der Waals surface area (Å²) in [6, 6.07) is 9.62. The third kappa shape index (κ3) is 3.79. The maximum atomic E-state index is 5.90. The van der Waals surface area contributed by atoms with Gasteiger partial charge in [-0.05, 0) is 43.3 Å². The highest BCUT2D eigenvalue weighted by Crippen LogP contribution is 2.17. The molecule has 0 amide bonds. The van der Waals surface area contributed by atoms with Crippen LogP contribution in [0.15, 0.2) is 47.3 Å². The molecule has 0 saturated carbocycles. The van der Waals surface area contributed by atoms with E-state index in [4.69, 9.17) is 20.8 Å². The molecular formula is C14H16ClNO2. The first-order valence-corrected chi connectivity index (χ1v) is 6.22. The van der Waals surface area contributed by atoms with Crippen molar-refractivity contribution in [3.8, 4) is 5.75 Å². The van der Waals surface area contributed by atoms with Gasteiger partial charge in [0.1, 0.15) is 12.4 Å². The lowest BCUT2D eigenvalue weighted by Gasteiger charge is -2.16. The SMILES string of the molecule is CNC(COc1cccc(Cl)c1)Cc1ccoc1. The van der Waals surface area contributed by atoms with Crippen molar-refractivity contribution in [2.75, 3.05) is 13.7 Å². The summed E-state index contributed by atoms with van der Waals surface area (Å²) in [5.41, 5.74) is 1.16. The van der Waals surface area contributed by atoms with Crippen LogP contribution in [0.2, 0.25) is 5.02 Å². The molecule has 1 aromatic carbocycles. The van der Waals surface area contributed by atoms with Crippen molar-refractivity contribution in [3.63, 3.8) is 0 Å². The number of rotatable bonds is 6. The Hall–Kier alpha value is -1.45. The predicted molar refractivity (Wildman–Crippen MR) is 72.2 cm³/mol. The van der Waals surface area contributed by atoms with E-state index >= 15 is 0 Å². The van der Waals surface area contributed by atoms with Crippen LogP contribution < -0.4 is 10.1 Å². The third-order valence-electron chi connectivity index (χ3n) is 2.72. The van der Waals surface area contributed by atoms with Crippen molar-refractivity contribution < 1.29 is 9.15 Å². The molecule has 4 heteroatoms. The molecule has 0 radical (unpaired) electrons. The lowest BCUT2D eigenvalue weighted by Crippen LogP contribution is -2.33. The molecule has 1 unspecified atom stereocenters. The Labute approximate surface area is 112 Å². The monoisotopic (exact) mass is 265 g/mol. The molecule has 0 aliphatic rings. The summed E-state index contributed by atoms with van der Waals surface area (Å²) in [6.07, 6.45) is 4.30. The zero-order chi connectivity index (χ0) is 12.8. The van der Waals surface area contributed by atoms with Gasteiger partial charge < -0.3 is 14.5 Å². The quantitative estimate of drug-likeness (QED) is 0.871. The minimum Gasteiger partial charge on any atom is -0.492 e. The highest BCUT2D eigenvalue weighted by molar-refractivity contribution is 6.30. The maximum absolute atomic E-state index is 5.90. The maximum Gasteiger partial charge on any atom is 0.120 e. The molecule has 0 aliphatic carbocycles. The van der Waals surface area contributed by atoms with Crippen LogP contribution >= 0.6 is 11.6 Å². The summed E-state index contributed by atoms with van der Waals surface area (Å²) in [4.78, 5) is 0. The Morgan fingerprint density at radius 1 is 1.39 bits per heavy atom. The van der Waals surface area contributed by atoms with Gasteiger partial charge in [-0.2, -0.15) is 0 Å². The van der Waals surface area contributed by atoms with Crippen molar-refractivity contribution in [2.24, 2.45) is 0 Å². The van der Waals surface area contributed by atoms with Crippen LogP contribution in [0.5, 0.6) is 5.75 Å². The van der Waals surface area contributed by atoms with Crippen molar-refractivity contribution in [1.29, 1.82) is 0 Å². The first-order valence-electron chi connectivity index (χ1n) is 5.84. The number of likely N-dealkylation sites (N-methyl/N-ethyl adjacent to an activating group) is 1. The summed E-state index contributed by atoms with van der Waals surface area (Å²) in [5.74, 6) is 0.787. The van der Waals surface area contributed by atoms with E-state index in [0.29, 0.717) is 11.6 Å². The van der Waals surface area contributed by atoms with E-state index in [-0.39, 0.29) is 6.04 Å². The van der Waals surface area contributed by atoms with Crippen LogP contribution in [-0.2, 0) is 6.42 Å². The Balaban J connectivity index is 1.87. The highest BCUT2D eigenvalue weighted by Gasteiger charge is 2.09. The van der Waals surface area contributed by atoms with Gasteiger partial charge in [-0.25, -0.2) is 0 Å². The molecule has 0 aliphatic heterocycles. The number of hydrogen-bond acceptors (Lipinski definition) is 3. The Kier molecular flexibility index (Phi) is 4.67. The molecule has 18 heavy (non-hydrogen) atoms. The number of furan rings is 1. The van der Waals surface area contributed by atoms with Crippen LogP contribution in [0.3, 0.4) is 0 Å². The molecule has 0 fully saturated rings. The van der Waals surface area contributed by atoms with Crippen LogP contribution in [0.25, 0.3) is 0 Å². The molecule has 2 aromatic rings. The summed E-state index contributed by atoms with van der Waals surface area (Å²) in [5, 5.41) is 3.91. The molecule has 2 rings (SSSR count). The summed E-state index contributed by atoms with van der Waals surface area (Å²) in [7, 11) is 1.92. The summed E-state index contributed by atoms with van der Waals surface area (Å²) >= 11 is 5.90. The zero-order valence-electron chi connectivity index (χ0n) is 10.2. The van der Waals surface area contributed by atoms with E-state index in [1.165, 1.54) is 0 Å². The molecule has 1 heterocycles. The molecular weight excluding hydrogens is 250 g/mol. The molecule has 0 spiro atoms. The topological polar surface area (TPSA) is 34.4 Å². The Morgan fingerprint density at radius 3 is 2.94 bits per heavy atom. The first kappa shape index (κ1) is 13.0. The van der Waals surface area contributed by atoms with Crippen molar-refractivity contribution in [2.45, 2.75) is 12.5 Å². The van der Waals surface area contributed by atoms with Gasteiger partial charge in [-0.1, -0.05) is 17.7 Å². The zero-order valence-corrected chi connectivity index (χ0v) is 11.0. The molecule has 1 N–H and O–H groups in total. The summed E-state index contributed by atoms with van der Waals surface area (Å²) < 4.78 is 10.8. The van der Waals surface area contributed by atoms with Gasteiger partial charge in [0.15, 0.2) is 0 Å². The molecule has 1 aromatic heterocycles. The van der Waals surface area contributed by atoms with Crippen molar-refractivity contribution >= 4 is 11.6 Å². The predicted octanol–water partition coefficient (Wildman–Crippen LogP) is 3.14. The van der Waals surface area contributed by atoms with Gasteiger partial charge >= 0.3 is 0 Å². The largest absolute Gasteiger partial charge is 0.492 e. The average molecular weight is 266 g/mol. The van der Waals surface area contributed by atoms with Crippen molar-refractivity contribution in [1.82, 2.24) is 5.32 Å². The van der Waals surface area contributed by atoms with E-state index in [1.807, 2.05) is 37.4 Å². The van der Waals surface area contributed by atoms with Crippen LogP contribution in [0, 0.1) is 0 Å². The third-order valence-corrected chi connectivity index (χ3v) is 2.95. The van der Waals surface area contributed by atoms with Crippen LogP contribution in [0.1, 0.15) is 5.56 Å². The minimum atomic E-state index is 0.238. The van der Waals surface area contributed by atoms with E-state index in [1.54, 1.807) is 12.5 Å². The number of hydrogen-bond donors (Lipinski definition) is 1. The minimum absolute atomic E-state index is 0.238. The number of halogens is 1. The lowest BCUT2D eigenvalue weighted by atomic mass is 10.1. The number of ether oxygens (including phenoxy) is 1. The molecule has 0 saturated heterocycles. The molecule has 0 bridgehead atoms. The fourth-order valence-corrected chi connectivity index (χ4v) is 1.87. The van der Waals surface area contributed by atoms with Gasteiger partial charge in [0, 0.05) is 11.1 Å². The van der Waals surface area contributed by atoms with E-state index in [0.717, 1.165) is 17.7 Å². The van der Waals surface area contributed by atoms with Gasteiger partial charge in [0.2, 0.25) is 0 Å². The molecule has 96 valence electrons. The summed E-state index contributed by atoms with van der Waals surface area (Å²) in [6.45, 7) is 0.585. The lowest BCUT2D eigenvalue weighted by molar-refractivity contribution is 0.269. The highest BCUT2D eigenvalue weighted by atomic mass is 35.5. The normalized spacial score (nSPS) is 12.3. The molecule has 1 atom stereocenters. The number of nitrogens with one attached hydrogen (secondary N) is 1. The first-order chi connectivity index (χ1) is 8.78. The van der Waals surface area contributed by atoms with Gasteiger partial charge in [-0.15, -0.1) is 0 Å².